The third kappa shape index (κ3) is 6.05. The summed E-state index contributed by atoms with van der Waals surface area (Å²) >= 11 is 0. The van der Waals surface area contributed by atoms with Crippen LogP contribution in [0.25, 0.3) is 0 Å². The molecule has 1 fully saturated rings. The van der Waals surface area contributed by atoms with Crippen LogP contribution in [0.1, 0.15) is 47.5 Å². The molecule has 0 aromatic heterocycles. The van der Waals surface area contributed by atoms with Crippen molar-refractivity contribution in [2.45, 2.75) is 53.5 Å². The third-order valence-electron chi connectivity index (χ3n) is 2.12. The van der Waals surface area contributed by atoms with Crippen molar-refractivity contribution in [3.05, 3.63) is 0 Å². The first-order valence-corrected chi connectivity index (χ1v) is 5.73. The molecular weight excluding hydrogens is 162 g/mol. The van der Waals surface area contributed by atoms with Crippen molar-refractivity contribution in [1.82, 2.24) is 4.90 Å². The highest BCUT2D eigenvalue weighted by Crippen LogP contribution is 2.14. The zero-order chi connectivity index (χ0) is 10.7. The summed E-state index contributed by atoms with van der Waals surface area (Å²) in [4.78, 5) is 2.33. The summed E-state index contributed by atoms with van der Waals surface area (Å²) in [7, 11) is 0. The molecular formula is C11H27NO. The van der Waals surface area contributed by atoms with Crippen molar-refractivity contribution >= 4 is 0 Å². The number of likely N-dealkylation sites (N-methyl/N-ethyl adjacent to an activating group) is 1. The van der Waals surface area contributed by atoms with Crippen LogP contribution in [-0.2, 0) is 0 Å². The van der Waals surface area contributed by atoms with E-state index in [4.69, 9.17) is 5.11 Å². The summed E-state index contributed by atoms with van der Waals surface area (Å²) in [6.45, 7) is 12.8. The van der Waals surface area contributed by atoms with E-state index in [1.165, 1.54) is 19.4 Å². The van der Waals surface area contributed by atoms with Crippen molar-refractivity contribution in [3.63, 3.8) is 0 Å². The topological polar surface area (TPSA) is 23.5 Å². The molecule has 0 spiro atoms. The van der Waals surface area contributed by atoms with E-state index in [-0.39, 0.29) is 0 Å². The van der Waals surface area contributed by atoms with Crippen molar-refractivity contribution in [2.24, 2.45) is 0 Å². The lowest BCUT2D eigenvalue weighted by Crippen LogP contribution is -2.31. The maximum absolute atomic E-state index is 8.83. The second-order valence-electron chi connectivity index (χ2n) is 2.61. The summed E-state index contributed by atoms with van der Waals surface area (Å²) < 4.78 is 0. The van der Waals surface area contributed by atoms with Crippen LogP contribution < -0.4 is 0 Å². The summed E-state index contributed by atoms with van der Waals surface area (Å²) in [6, 6.07) is 0.468. The minimum atomic E-state index is 0.341. The molecule has 2 heteroatoms. The second-order valence-corrected chi connectivity index (χ2v) is 2.61. The Labute approximate surface area is 83.9 Å². The van der Waals surface area contributed by atoms with Gasteiger partial charge in [-0.1, -0.05) is 34.6 Å². The fourth-order valence-electron chi connectivity index (χ4n) is 1.52. The molecule has 1 atom stereocenters. The zero-order valence-corrected chi connectivity index (χ0v) is 10.0. The maximum atomic E-state index is 8.83. The lowest BCUT2D eigenvalue weighted by molar-refractivity contribution is 0.164. The Morgan fingerprint density at radius 3 is 2.08 bits per heavy atom. The van der Waals surface area contributed by atoms with E-state index in [1.54, 1.807) is 0 Å². The lowest BCUT2D eigenvalue weighted by Gasteiger charge is -2.19. The van der Waals surface area contributed by atoms with E-state index in [0.717, 1.165) is 6.54 Å². The van der Waals surface area contributed by atoms with Gasteiger partial charge in [-0.05, 0) is 25.9 Å². The number of nitrogens with zero attached hydrogens (tertiary/aromatic N) is 1. The van der Waals surface area contributed by atoms with Crippen molar-refractivity contribution in [3.8, 4) is 0 Å². The van der Waals surface area contributed by atoms with Gasteiger partial charge in [0.15, 0.2) is 0 Å². The SMILES string of the molecule is CC.CC.CCN1CCCC1CO. The first-order valence-electron chi connectivity index (χ1n) is 5.73. The van der Waals surface area contributed by atoms with E-state index in [1.807, 2.05) is 27.7 Å². The minimum Gasteiger partial charge on any atom is -0.395 e. The molecule has 1 unspecified atom stereocenters. The molecule has 82 valence electrons. The van der Waals surface area contributed by atoms with E-state index >= 15 is 0 Å². The first-order chi connectivity index (χ1) is 6.38. The Morgan fingerprint density at radius 2 is 1.77 bits per heavy atom. The van der Waals surface area contributed by atoms with Gasteiger partial charge in [-0.15, -0.1) is 0 Å². The maximum Gasteiger partial charge on any atom is 0.0586 e. The monoisotopic (exact) mass is 189 g/mol. The van der Waals surface area contributed by atoms with E-state index in [9.17, 15) is 0 Å². The number of aliphatic hydroxyl groups excluding tert-OH is 1. The van der Waals surface area contributed by atoms with E-state index in [0.29, 0.717) is 12.6 Å². The number of likely N-dealkylation sites (tertiary alicyclic amines) is 1. The lowest BCUT2D eigenvalue weighted by atomic mass is 10.2. The highest BCUT2D eigenvalue weighted by atomic mass is 16.3. The molecule has 0 aromatic rings. The minimum absolute atomic E-state index is 0.341. The largest absolute Gasteiger partial charge is 0.395 e. The Kier molecular flexibility index (Phi) is 14.1. The standard InChI is InChI=1S/C7H15NO.2C2H6/c1-2-8-5-3-4-7(8)6-9;2*1-2/h7,9H,2-6H2,1H3;2*1-2H3. The molecule has 1 N–H and O–H groups in total. The van der Waals surface area contributed by atoms with Crippen LogP contribution in [0.15, 0.2) is 0 Å². The summed E-state index contributed by atoms with van der Waals surface area (Å²) in [5, 5.41) is 8.83. The summed E-state index contributed by atoms with van der Waals surface area (Å²) in [5.41, 5.74) is 0. The third-order valence-corrected chi connectivity index (χ3v) is 2.12. The molecule has 0 bridgehead atoms. The van der Waals surface area contributed by atoms with Crippen LogP contribution in [0.4, 0.5) is 0 Å². The van der Waals surface area contributed by atoms with Crippen molar-refractivity contribution in [1.29, 1.82) is 0 Å². The highest BCUT2D eigenvalue weighted by molar-refractivity contribution is 4.76. The van der Waals surface area contributed by atoms with Gasteiger partial charge in [0.2, 0.25) is 0 Å². The van der Waals surface area contributed by atoms with Gasteiger partial charge in [-0.3, -0.25) is 4.90 Å². The molecule has 0 aliphatic carbocycles. The van der Waals surface area contributed by atoms with Gasteiger partial charge < -0.3 is 5.11 Å². The highest BCUT2D eigenvalue weighted by Gasteiger charge is 2.21. The summed E-state index contributed by atoms with van der Waals surface area (Å²) in [5.74, 6) is 0. The van der Waals surface area contributed by atoms with Crippen LogP contribution in [0.5, 0.6) is 0 Å². The molecule has 13 heavy (non-hydrogen) atoms. The Bertz CT molecular complexity index is 76.2. The van der Waals surface area contributed by atoms with Crippen molar-refractivity contribution in [2.75, 3.05) is 19.7 Å². The van der Waals surface area contributed by atoms with Crippen LogP contribution in [0.3, 0.4) is 0 Å². The number of hydrogen-bond acceptors (Lipinski definition) is 2. The fraction of sp³-hybridized carbons (Fsp3) is 1.00. The molecule has 1 aliphatic rings. The van der Waals surface area contributed by atoms with Gasteiger partial charge in [0.05, 0.1) is 6.61 Å². The zero-order valence-electron chi connectivity index (χ0n) is 10.0. The van der Waals surface area contributed by atoms with Gasteiger partial charge in [0.25, 0.3) is 0 Å². The van der Waals surface area contributed by atoms with E-state index < -0.39 is 0 Å². The number of hydrogen-bond donors (Lipinski definition) is 1. The van der Waals surface area contributed by atoms with Crippen molar-refractivity contribution < 1.29 is 5.11 Å². The predicted molar refractivity (Wildman–Crippen MR) is 60.1 cm³/mol. The molecule has 1 aliphatic heterocycles. The predicted octanol–water partition coefficient (Wildman–Crippen LogP) is 2.52. The Hall–Kier alpha value is -0.0800. The van der Waals surface area contributed by atoms with E-state index in [2.05, 4.69) is 11.8 Å². The Morgan fingerprint density at radius 1 is 1.23 bits per heavy atom. The van der Waals surface area contributed by atoms with Crippen LogP contribution in [0.2, 0.25) is 0 Å². The van der Waals surface area contributed by atoms with Crippen LogP contribution >= 0.6 is 0 Å². The second kappa shape index (κ2) is 11.9. The molecule has 1 heterocycles. The molecule has 0 radical (unpaired) electrons. The molecule has 0 amide bonds. The number of aliphatic hydroxyl groups is 1. The average Bonchev–Trinajstić information content (AvgIpc) is 2.70. The first kappa shape index (κ1) is 15.4. The normalized spacial score (nSPS) is 21.2. The molecule has 1 rings (SSSR count). The van der Waals surface area contributed by atoms with Gasteiger partial charge in [-0.25, -0.2) is 0 Å². The summed E-state index contributed by atoms with van der Waals surface area (Å²) in [6.07, 6.45) is 2.45. The quantitative estimate of drug-likeness (QED) is 0.721. The number of rotatable bonds is 2. The fourth-order valence-corrected chi connectivity index (χ4v) is 1.52. The van der Waals surface area contributed by atoms with Gasteiger partial charge in [0.1, 0.15) is 0 Å². The van der Waals surface area contributed by atoms with Gasteiger partial charge >= 0.3 is 0 Å². The molecule has 0 saturated carbocycles. The van der Waals surface area contributed by atoms with Gasteiger partial charge in [0, 0.05) is 6.04 Å². The average molecular weight is 189 g/mol. The van der Waals surface area contributed by atoms with Crippen LogP contribution in [0, 0.1) is 0 Å². The van der Waals surface area contributed by atoms with Gasteiger partial charge in [-0.2, -0.15) is 0 Å². The Balaban J connectivity index is 0. The molecule has 2 nitrogen and oxygen atoms in total. The van der Waals surface area contributed by atoms with Crippen LogP contribution in [-0.4, -0.2) is 35.7 Å². The smallest absolute Gasteiger partial charge is 0.0586 e. The molecule has 1 saturated heterocycles. The molecule has 0 aromatic carbocycles.